The van der Waals surface area contributed by atoms with Crippen molar-refractivity contribution in [2.24, 2.45) is 0 Å². The molecule has 0 spiro atoms. The minimum Gasteiger partial charge on any atom is -0.310 e. The highest BCUT2D eigenvalue weighted by Crippen LogP contribution is 2.54. The van der Waals surface area contributed by atoms with Crippen LogP contribution in [0.15, 0.2) is 218 Å². The van der Waals surface area contributed by atoms with Gasteiger partial charge in [-0.2, -0.15) is 0 Å². The van der Waals surface area contributed by atoms with E-state index < -0.39 is 0 Å². The van der Waals surface area contributed by atoms with E-state index >= 15 is 0 Å². The molecule has 0 N–H and O–H groups in total. The predicted molar refractivity (Wildman–Crippen MR) is 315 cm³/mol. The third-order valence-corrected chi connectivity index (χ3v) is 17.5. The summed E-state index contributed by atoms with van der Waals surface area (Å²) in [7, 11) is 0. The van der Waals surface area contributed by atoms with E-state index in [9.17, 15) is 0 Å². The van der Waals surface area contributed by atoms with E-state index in [2.05, 4.69) is 256 Å². The van der Waals surface area contributed by atoms with E-state index in [1.807, 2.05) is 22.7 Å². The number of fused-ring (bicyclic) bond motifs is 8. The van der Waals surface area contributed by atoms with Crippen molar-refractivity contribution in [1.29, 1.82) is 0 Å². The van der Waals surface area contributed by atoms with Crippen LogP contribution in [0.25, 0.3) is 94.9 Å². The first-order valence-corrected chi connectivity index (χ1v) is 26.5. The van der Waals surface area contributed by atoms with Crippen LogP contribution in [0.5, 0.6) is 0 Å². The number of rotatable bonds is 8. The molecule has 0 fully saturated rings. The molecule has 2 heterocycles. The SMILES string of the molecule is Cc1cccc(C)c1-c1cc2c3sc4cc(N(c5ccccc5)c5ccccc5)ccc4c3cc3c(-c4c(C)cccc4C)cc4c5sc6cc(N(c7ccccc7)c7ccccc7)ccc6c5cc1c4c32. The Morgan fingerprint density at radius 2 is 0.597 bits per heavy atom. The zero-order valence-electron chi connectivity index (χ0n) is 40.5. The normalized spacial score (nSPS) is 11.9. The number of hydrogen-bond acceptors (Lipinski definition) is 4. The van der Waals surface area contributed by atoms with Crippen LogP contribution in [-0.4, -0.2) is 0 Å². The molecule has 2 aromatic heterocycles. The van der Waals surface area contributed by atoms with Crippen molar-refractivity contribution in [1.82, 2.24) is 0 Å². The third-order valence-electron chi connectivity index (χ3n) is 15.1. The summed E-state index contributed by atoms with van der Waals surface area (Å²) in [6.07, 6.45) is 0. The van der Waals surface area contributed by atoms with Gasteiger partial charge < -0.3 is 9.80 Å². The minimum atomic E-state index is 1.14. The summed E-state index contributed by atoms with van der Waals surface area (Å²) < 4.78 is 5.22. The van der Waals surface area contributed by atoms with E-state index in [1.165, 1.54) is 117 Å². The Hall–Kier alpha value is -8.28. The molecule has 342 valence electrons. The smallest absolute Gasteiger partial charge is 0.0476 e. The highest BCUT2D eigenvalue weighted by Gasteiger charge is 2.26. The monoisotopic (exact) mass is 956 g/mol. The van der Waals surface area contributed by atoms with Gasteiger partial charge in [0.15, 0.2) is 0 Å². The zero-order valence-corrected chi connectivity index (χ0v) is 42.1. The van der Waals surface area contributed by atoms with Gasteiger partial charge in [-0.3, -0.25) is 0 Å². The van der Waals surface area contributed by atoms with Gasteiger partial charge in [0.1, 0.15) is 0 Å². The lowest BCUT2D eigenvalue weighted by Gasteiger charge is -2.25. The van der Waals surface area contributed by atoms with Crippen LogP contribution < -0.4 is 9.80 Å². The van der Waals surface area contributed by atoms with E-state index in [0.717, 1.165) is 34.1 Å². The molecule has 12 aromatic carbocycles. The van der Waals surface area contributed by atoms with Gasteiger partial charge in [-0.25, -0.2) is 0 Å². The van der Waals surface area contributed by atoms with Crippen LogP contribution in [0, 0.1) is 27.7 Å². The van der Waals surface area contributed by atoms with Gasteiger partial charge >= 0.3 is 0 Å². The van der Waals surface area contributed by atoms with Crippen LogP contribution in [0.1, 0.15) is 22.3 Å². The van der Waals surface area contributed by atoms with Crippen molar-refractivity contribution in [2.45, 2.75) is 27.7 Å². The third kappa shape index (κ3) is 6.60. The molecule has 0 bridgehead atoms. The van der Waals surface area contributed by atoms with Crippen LogP contribution in [0.3, 0.4) is 0 Å². The molecule has 0 aliphatic carbocycles. The number of benzene rings is 12. The lowest BCUT2D eigenvalue weighted by Crippen LogP contribution is -2.09. The Balaban J connectivity index is 1.11. The molecule has 0 atom stereocenters. The van der Waals surface area contributed by atoms with Gasteiger partial charge in [-0.15, -0.1) is 22.7 Å². The standard InChI is InChI=1S/C68H48N2S2/c1-41-19-17-20-42(2)63(41)53-39-59-66-56(38-58-52-34-32-50(36-62(52)71-67(58)59)70(47-27-13-7-14-28-47)48-29-15-8-16-30-48)54(64-43(3)21-18-22-44(64)4)40-60-65(66)55(53)37-57-51-33-31-49(35-61(51)72-68(57)60)69(45-23-9-5-10-24-45)46-25-11-6-12-26-46/h5-40H,1-4H3. The molecule has 72 heavy (non-hydrogen) atoms. The number of nitrogens with zero attached hydrogens (tertiary/aromatic N) is 2. The van der Waals surface area contributed by atoms with Gasteiger partial charge in [0, 0.05) is 85.2 Å². The van der Waals surface area contributed by atoms with Crippen molar-refractivity contribution in [3.63, 3.8) is 0 Å². The summed E-state index contributed by atoms with van der Waals surface area (Å²) in [6, 6.07) is 81.0. The Bertz CT molecular complexity index is 4010. The first-order chi connectivity index (χ1) is 35.4. The molecular weight excluding hydrogens is 909 g/mol. The molecule has 14 rings (SSSR count). The fraction of sp³-hybridized carbons (Fsp3) is 0.0588. The number of para-hydroxylation sites is 4. The fourth-order valence-corrected chi connectivity index (χ4v) is 14.4. The lowest BCUT2D eigenvalue weighted by molar-refractivity contribution is 1.29. The van der Waals surface area contributed by atoms with Crippen molar-refractivity contribution < 1.29 is 0 Å². The highest BCUT2D eigenvalue weighted by atomic mass is 32.1. The summed E-state index contributed by atoms with van der Waals surface area (Å²) in [4.78, 5) is 4.75. The Labute approximate surface area is 427 Å². The van der Waals surface area contributed by atoms with Crippen LogP contribution in [-0.2, 0) is 0 Å². The molecule has 14 aromatic rings. The second-order valence-corrected chi connectivity index (χ2v) is 21.5. The van der Waals surface area contributed by atoms with Crippen molar-refractivity contribution in [2.75, 3.05) is 9.80 Å². The van der Waals surface area contributed by atoms with Crippen molar-refractivity contribution in [3.8, 4) is 22.3 Å². The molecule has 0 amide bonds. The van der Waals surface area contributed by atoms with E-state index in [1.54, 1.807) is 0 Å². The first kappa shape index (κ1) is 42.6. The molecule has 0 radical (unpaired) electrons. The highest BCUT2D eigenvalue weighted by molar-refractivity contribution is 7.27. The maximum atomic E-state index is 2.57. The largest absolute Gasteiger partial charge is 0.310 e. The molecule has 0 aliphatic heterocycles. The second-order valence-electron chi connectivity index (χ2n) is 19.4. The van der Waals surface area contributed by atoms with Crippen LogP contribution in [0.4, 0.5) is 34.1 Å². The zero-order chi connectivity index (χ0) is 48.2. The Kier molecular flexibility index (Phi) is 9.86. The quantitative estimate of drug-likeness (QED) is 0.140. The van der Waals surface area contributed by atoms with Crippen LogP contribution >= 0.6 is 22.7 Å². The van der Waals surface area contributed by atoms with Crippen molar-refractivity contribution >= 4 is 129 Å². The molecule has 0 saturated carbocycles. The van der Waals surface area contributed by atoms with Crippen molar-refractivity contribution in [3.05, 3.63) is 241 Å². The molecule has 0 unspecified atom stereocenters. The molecule has 2 nitrogen and oxygen atoms in total. The van der Waals surface area contributed by atoms with Gasteiger partial charge in [0.25, 0.3) is 0 Å². The van der Waals surface area contributed by atoms with Crippen LogP contribution in [0.2, 0.25) is 0 Å². The minimum absolute atomic E-state index is 1.14. The maximum absolute atomic E-state index is 2.57. The Morgan fingerprint density at radius 1 is 0.264 bits per heavy atom. The van der Waals surface area contributed by atoms with Gasteiger partial charge in [-0.1, -0.05) is 121 Å². The predicted octanol–water partition coefficient (Wildman–Crippen LogP) is 20.8. The number of aryl methyl sites for hydroxylation is 4. The van der Waals surface area contributed by atoms with E-state index in [-0.39, 0.29) is 0 Å². The number of thiophene rings is 2. The van der Waals surface area contributed by atoms with Gasteiger partial charge in [0.05, 0.1) is 0 Å². The first-order valence-electron chi connectivity index (χ1n) is 24.8. The topological polar surface area (TPSA) is 6.48 Å². The van der Waals surface area contributed by atoms with Gasteiger partial charge in [0.2, 0.25) is 0 Å². The number of hydrogen-bond donors (Lipinski definition) is 0. The van der Waals surface area contributed by atoms with Gasteiger partial charge in [-0.05, 0) is 191 Å². The molecule has 0 aliphatic rings. The molecule has 0 saturated heterocycles. The van der Waals surface area contributed by atoms with E-state index in [0.29, 0.717) is 0 Å². The summed E-state index contributed by atoms with van der Waals surface area (Å²) in [5.41, 5.74) is 17.2. The average molecular weight is 957 g/mol. The molecule has 4 heteroatoms. The second kappa shape index (κ2) is 16.7. The number of anilines is 6. The lowest BCUT2D eigenvalue weighted by atomic mass is 9.82. The summed E-state index contributed by atoms with van der Waals surface area (Å²) in [5, 5.41) is 13.1. The van der Waals surface area contributed by atoms with E-state index in [4.69, 9.17) is 0 Å². The average Bonchev–Trinajstić information content (AvgIpc) is 3.97. The Morgan fingerprint density at radius 3 is 0.931 bits per heavy atom. The molecular formula is C68H48N2S2. The maximum Gasteiger partial charge on any atom is 0.0476 e. The fourth-order valence-electron chi connectivity index (χ4n) is 11.9. The summed E-state index contributed by atoms with van der Waals surface area (Å²) >= 11 is 3.87. The summed E-state index contributed by atoms with van der Waals surface area (Å²) in [6.45, 7) is 9.14. The summed E-state index contributed by atoms with van der Waals surface area (Å²) in [5.74, 6) is 0.